The molecule has 37 heavy (non-hydrogen) atoms. The predicted octanol–water partition coefficient (Wildman–Crippen LogP) is 10.9. The van der Waals surface area contributed by atoms with Crippen LogP contribution >= 0.6 is 0 Å². The fourth-order valence-corrected chi connectivity index (χ4v) is 5.13. The molecule has 0 aromatic rings. The van der Waals surface area contributed by atoms with Crippen LogP contribution in [0.1, 0.15) is 194 Å². The second-order valence-corrected chi connectivity index (χ2v) is 11.4. The molecule has 220 valence electrons. The first-order valence-electron chi connectivity index (χ1n) is 16.5. The van der Waals surface area contributed by atoms with Crippen LogP contribution < -0.4 is 0 Å². The summed E-state index contributed by atoms with van der Waals surface area (Å²) in [6.45, 7) is 4.52. The maximum Gasteiger partial charge on any atom is 0.306 e. The van der Waals surface area contributed by atoms with Gasteiger partial charge in [0.25, 0.3) is 0 Å². The molecular formula is C33H64O4. The van der Waals surface area contributed by atoms with E-state index in [-0.39, 0.29) is 18.5 Å². The van der Waals surface area contributed by atoms with Crippen molar-refractivity contribution in [2.24, 2.45) is 0 Å². The van der Waals surface area contributed by atoms with Crippen molar-refractivity contribution in [2.75, 3.05) is 0 Å². The van der Waals surface area contributed by atoms with Crippen LogP contribution in [-0.4, -0.2) is 23.1 Å². The van der Waals surface area contributed by atoms with E-state index in [4.69, 9.17) is 9.84 Å². The van der Waals surface area contributed by atoms with E-state index in [1.165, 1.54) is 122 Å². The highest BCUT2D eigenvalue weighted by atomic mass is 16.5. The van der Waals surface area contributed by atoms with Gasteiger partial charge in [0.05, 0.1) is 0 Å². The van der Waals surface area contributed by atoms with Gasteiger partial charge in [-0.15, -0.1) is 0 Å². The van der Waals surface area contributed by atoms with E-state index >= 15 is 0 Å². The highest BCUT2D eigenvalue weighted by molar-refractivity contribution is 5.69. The number of hydrogen-bond acceptors (Lipinski definition) is 3. The van der Waals surface area contributed by atoms with Crippen LogP contribution in [-0.2, 0) is 14.3 Å². The number of carbonyl (C=O) groups is 2. The average Bonchev–Trinajstić information content (AvgIpc) is 2.88. The molecule has 0 aliphatic rings. The molecule has 0 radical (unpaired) electrons. The van der Waals surface area contributed by atoms with Gasteiger partial charge in [-0.05, 0) is 38.5 Å². The number of ether oxygens (including phenoxy) is 1. The number of unbranched alkanes of at least 4 members (excludes halogenated alkanes) is 21. The lowest BCUT2D eigenvalue weighted by molar-refractivity contribution is -0.150. The van der Waals surface area contributed by atoms with Gasteiger partial charge in [-0.3, -0.25) is 9.59 Å². The molecule has 1 N–H and O–H groups in total. The van der Waals surface area contributed by atoms with Crippen LogP contribution in [0, 0.1) is 0 Å². The highest BCUT2D eigenvalue weighted by Crippen LogP contribution is 2.18. The maximum atomic E-state index is 12.4. The van der Waals surface area contributed by atoms with Gasteiger partial charge in [0.1, 0.15) is 6.10 Å². The largest absolute Gasteiger partial charge is 0.481 e. The Labute approximate surface area is 231 Å². The molecule has 0 amide bonds. The zero-order chi connectivity index (χ0) is 27.2. The molecule has 0 heterocycles. The number of carbonyl (C=O) groups excluding carboxylic acids is 1. The molecule has 0 bridgehead atoms. The van der Waals surface area contributed by atoms with Gasteiger partial charge in [-0.1, -0.05) is 142 Å². The van der Waals surface area contributed by atoms with E-state index in [2.05, 4.69) is 13.8 Å². The second kappa shape index (κ2) is 29.5. The maximum absolute atomic E-state index is 12.4. The summed E-state index contributed by atoms with van der Waals surface area (Å²) in [5.74, 6) is -0.797. The topological polar surface area (TPSA) is 63.6 Å². The standard InChI is InChI=1S/C33H64O4/c1-3-5-7-9-11-12-13-14-15-16-17-18-20-22-24-30-33(36)37-31(28-25-26-29-32(34)35)27-23-21-19-10-8-6-4-2/h31H,3-30H2,1-2H3,(H,34,35). The number of carboxylic acid groups (broad SMARTS) is 1. The SMILES string of the molecule is CCCCCCCCCCCCCCCCCC(=O)OC(CCCCCCCCC)CCCCC(=O)O. The number of carboxylic acids is 1. The van der Waals surface area contributed by atoms with Gasteiger partial charge in [0.2, 0.25) is 0 Å². The zero-order valence-corrected chi connectivity index (χ0v) is 25.0. The number of aliphatic carboxylic acids is 1. The summed E-state index contributed by atoms with van der Waals surface area (Å²) < 4.78 is 5.84. The molecule has 0 fully saturated rings. The van der Waals surface area contributed by atoms with Gasteiger partial charge in [0, 0.05) is 12.8 Å². The average molecular weight is 525 g/mol. The minimum Gasteiger partial charge on any atom is -0.481 e. The fraction of sp³-hybridized carbons (Fsp3) is 0.939. The molecule has 0 saturated carbocycles. The van der Waals surface area contributed by atoms with E-state index in [0.29, 0.717) is 12.8 Å². The molecule has 4 nitrogen and oxygen atoms in total. The summed E-state index contributed by atoms with van der Waals surface area (Å²) in [5, 5.41) is 8.86. The first-order valence-corrected chi connectivity index (χ1v) is 16.5. The van der Waals surface area contributed by atoms with E-state index in [0.717, 1.165) is 38.5 Å². The Bertz CT molecular complexity index is 491. The quantitative estimate of drug-likeness (QED) is 0.0749. The molecular weight excluding hydrogens is 460 g/mol. The van der Waals surface area contributed by atoms with Crippen LogP contribution in [0.2, 0.25) is 0 Å². The summed E-state index contributed by atoms with van der Waals surface area (Å²) in [6, 6.07) is 0. The van der Waals surface area contributed by atoms with Crippen LogP contribution in [0.15, 0.2) is 0 Å². The van der Waals surface area contributed by atoms with Crippen molar-refractivity contribution in [3.8, 4) is 0 Å². The molecule has 0 aromatic heterocycles. The molecule has 0 rings (SSSR count). The summed E-state index contributed by atoms with van der Waals surface area (Å²) in [4.78, 5) is 23.2. The van der Waals surface area contributed by atoms with Crippen LogP contribution in [0.25, 0.3) is 0 Å². The van der Waals surface area contributed by atoms with Crippen molar-refractivity contribution in [3.63, 3.8) is 0 Å². The summed E-state index contributed by atoms with van der Waals surface area (Å²) in [7, 11) is 0. The Morgan fingerprint density at radius 3 is 1.22 bits per heavy atom. The van der Waals surface area contributed by atoms with Gasteiger partial charge in [-0.2, -0.15) is 0 Å². The van der Waals surface area contributed by atoms with Crippen LogP contribution in [0.3, 0.4) is 0 Å². The molecule has 0 aliphatic heterocycles. The lowest BCUT2D eigenvalue weighted by atomic mass is 10.0. The van der Waals surface area contributed by atoms with Gasteiger partial charge in [-0.25, -0.2) is 0 Å². The summed E-state index contributed by atoms with van der Waals surface area (Å²) >= 11 is 0. The second-order valence-electron chi connectivity index (χ2n) is 11.4. The lowest BCUT2D eigenvalue weighted by Gasteiger charge is -2.18. The smallest absolute Gasteiger partial charge is 0.306 e. The Morgan fingerprint density at radius 1 is 0.486 bits per heavy atom. The van der Waals surface area contributed by atoms with Crippen molar-refractivity contribution >= 4 is 11.9 Å². The summed E-state index contributed by atoms with van der Waals surface area (Å²) in [5.41, 5.74) is 0. The predicted molar refractivity (Wildman–Crippen MR) is 158 cm³/mol. The Morgan fingerprint density at radius 2 is 0.811 bits per heavy atom. The minimum absolute atomic E-state index is 0.0340. The van der Waals surface area contributed by atoms with E-state index in [1.807, 2.05) is 0 Å². The molecule has 4 heteroatoms. The third-order valence-electron chi connectivity index (χ3n) is 7.58. The monoisotopic (exact) mass is 524 g/mol. The molecule has 0 aromatic carbocycles. The van der Waals surface area contributed by atoms with Crippen LogP contribution in [0.5, 0.6) is 0 Å². The first kappa shape index (κ1) is 35.9. The van der Waals surface area contributed by atoms with E-state index in [9.17, 15) is 9.59 Å². The summed E-state index contributed by atoms with van der Waals surface area (Å²) in [6.07, 6.45) is 32.6. The molecule has 1 atom stereocenters. The highest BCUT2D eigenvalue weighted by Gasteiger charge is 2.14. The molecule has 0 spiro atoms. The van der Waals surface area contributed by atoms with Gasteiger partial charge >= 0.3 is 11.9 Å². The normalized spacial score (nSPS) is 12.1. The molecule has 0 aliphatic carbocycles. The lowest BCUT2D eigenvalue weighted by Crippen LogP contribution is -2.18. The van der Waals surface area contributed by atoms with Crippen molar-refractivity contribution < 1.29 is 19.4 Å². The van der Waals surface area contributed by atoms with Gasteiger partial charge in [0.15, 0.2) is 0 Å². The molecule has 0 saturated heterocycles. The van der Waals surface area contributed by atoms with Crippen molar-refractivity contribution in [1.82, 2.24) is 0 Å². The number of rotatable bonds is 30. The third kappa shape index (κ3) is 29.4. The minimum atomic E-state index is -0.742. The number of esters is 1. The molecule has 1 unspecified atom stereocenters. The first-order chi connectivity index (χ1) is 18.1. The fourth-order valence-electron chi connectivity index (χ4n) is 5.13. The third-order valence-corrected chi connectivity index (χ3v) is 7.58. The van der Waals surface area contributed by atoms with Crippen molar-refractivity contribution in [3.05, 3.63) is 0 Å². The van der Waals surface area contributed by atoms with Crippen LogP contribution in [0.4, 0.5) is 0 Å². The van der Waals surface area contributed by atoms with E-state index in [1.54, 1.807) is 0 Å². The van der Waals surface area contributed by atoms with Crippen molar-refractivity contribution in [2.45, 2.75) is 200 Å². The van der Waals surface area contributed by atoms with Crippen molar-refractivity contribution in [1.29, 1.82) is 0 Å². The van der Waals surface area contributed by atoms with E-state index < -0.39 is 5.97 Å². The zero-order valence-electron chi connectivity index (χ0n) is 25.0. The van der Waals surface area contributed by atoms with Gasteiger partial charge < -0.3 is 9.84 Å². The number of hydrogen-bond donors (Lipinski definition) is 1. The Hall–Kier alpha value is -1.06. The Kier molecular flexibility index (Phi) is 28.7. The Balaban J connectivity index is 3.79.